The standard InChI is InChI=1S/C10H8N2/c1-3-8-7-12(2)10-4-5-11-6-9(8)10/h1,4-7H,2H3. The highest BCUT2D eigenvalue weighted by molar-refractivity contribution is 5.85. The Balaban J connectivity index is 2.94. The van der Waals surface area contributed by atoms with Gasteiger partial charge in [-0.05, 0) is 6.07 Å². The highest BCUT2D eigenvalue weighted by Crippen LogP contribution is 2.17. The second-order valence-electron chi connectivity index (χ2n) is 2.69. The van der Waals surface area contributed by atoms with Gasteiger partial charge in [-0.15, -0.1) is 6.42 Å². The lowest BCUT2D eigenvalue weighted by Crippen LogP contribution is -1.82. The van der Waals surface area contributed by atoms with Crippen LogP contribution in [-0.4, -0.2) is 9.55 Å². The van der Waals surface area contributed by atoms with Gasteiger partial charge < -0.3 is 4.57 Å². The normalized spacial score (nSPS) is 10.0. The van der Waals surface area contributed by atoms with Crippen molar-refractivity contribution in [1.82, 2.24) is 9.55 Å². The molecule has 58 valence electrons. The van der Waals surface area contributed by atoms with Crippen LogP contribution in [0.15, 0.2) is 24.7 Å². The molecule has 0 radical (unpaired) electrons. The van der Waals surface area contributed by atoms with Crippen LogP contribution in [0.4, 0.5) is 0 Å². The van der Waals surface area contributed by atoms with Crippen LogP contribution in [0.2, 0.25) is 0 Å². The van der Waals surface area contributed by atoms with Gasteiger partial charge in [0.25, 0.3) is 0 Å². The molecule has 0 atom stereocenters. The number of hydrogen-bond acceptors (Lipinski definition) is 1. The highest BCUT2D eigenvalue weighted by atomic mass is 14.9. The molecule has 0 aliphatic carbocycles. The quantitative estimate of drug-likeness (QED) is 0.529. The summed E-state index contributed by atoms with van der Waals surface area (Å²) in [7, 11) is 1.98. The van der Waals surface area contributed by atoms with Crippen molar-refractivity contribution in [2.45, 2.75) is 0 Å². The third kappa shape index (κ3) is 0.802. The molecule has 0 bridgehead atoms. The Morgan fingerprint density at radius 1 is 1.58 bits per heavy atom. The van der Waals surface area contributed by atoms with Crippen molar-refractivity contribution in [2.75, 3.05) is 0 Å². The highest BCUT2D eigenvalue weighted by Gasteiger charge is 2.02. The maximum atomic E-state index is 5.34. The summed E-state index contributed by atoms with van der Waals surface area (Å²) in [4.78, 5) is 4.03. The number of aromatic nitrogens is 2. The van der Waals surface area contributed by atoms with Crippen molar-refractivity contribution in [3.8, 4) is 12.3 Å². The van der Waals surface area contributed by atoms with Gasteiger partial charge in [-0.1, -0.05) is 5.92 Å². The maximum absolute atomic E-state index is 5.34. The smallest absolute Gasteiger partial charge is 0.0521 e. The number of terminal acetylenes is 1. The monoisotopic (exact) mass is 156 g/mol. The first kappa shape index (κ1) is 6.93. The molecule has 0 fully saturated rings. The number of pyridine rings is 1. The van der Waals surface area contributed by atoms with Gasteiger partial charge in [0.05, 0.1) is 11.1 Å². The number of nitrogens with zero attached hydrogens (tertiary/aromatic N) is 2. The fourth-order valence-electron chi connectivity index (χ4n) is 1.35. The molecule has 2 nitrogen and oxygen atoms in total. The summed E-state index contributed by atoms with van der Waals surface area (Å²) < 4.78 is 2.01. The first-order valence-electron chi connectivity index (χ1n) is 3.68. The summed E-state index contributed by atoms with van der Waals surface area (Å²) in [6.07, 6.45) is 10.8. The minimum atomic E-state index is 0.903. The Kier molecular flexibility index (Phi) is 1.38. The molecule has 2 aromatic rings. The van der Waals surface area contributed by atoms with Gasteiger partial charge in [-0.3, -0.25) is 4.98 Å². The third-order valence-electron chi connectivity index (χ3n) is 1.95. The molecule has 0 saturated carbocycles. The van der Waals surface area contributed by atoms with Crippen molar-refractivity contribution >= 4 is 10.9 Å². The van der Waals surface area contributed by atoms with Crippen LogP contribution in [0.5, 0.6) is 0 Å². The van der Waals surface area contributed by atoms with E-state index in [1.165, 1.54) is 0 Å². The molecule has 2 heterocycles. The van der Waals surface area contributed by atoms with Crippen LogP contribution in [0.3, 0.4) is 0 Å². The SMILES string of the molecule is C#Cc1cn(C)c2ccncc12. The molecular formula is C10H8N2. The van der Waals surface area contributed by atoms with Crippen molar-refractivity contribution in [3.63, 3.8) is 0 Å². The van der Waals surface area contributed by atoms with Gasteiger partial charge >= 0.3 is 0 Å². The zero-order valence-electron chi connectivity index (χ0n) is 6.78. The Morgan fingerprint density at radius 3 is 3.17 bits per heavy atom. The molecule has 2 heteroatoms. The Morgan fingerprint density at radius 2 is 2.42 bits per heavy atom. The minimum Gasteiger partial charge on any atom is -0.349 e. The van der Waals surface area contributed by atoms with Crippen LogP contribution in [-0.2, 0) is 7.05 Å². The van der Waals surface area contributed by atoms with Gasteiger partial charge in [0.1, 0.15) is 0 Å². The predicted molar refractivity (Wildman–Crippen MR) is 48.6 cm³/mol. The summed E-state index contributed by atoms with van der Waals surface area (Å²) in [6, 6.07) is 1.95. The van der Waals surface area contributed by atoms with Gasteiger partial charge in [0, 0.05) is 31.0 Å². The Bertz CT molecular complexity index is 460. The first-order chi connectivity index (χ1) is 5.83. The zero-order valence-corrected chi connectivity index (χ0v) is 6.78. The topological polar surface area (TPSA) is 17.8 Å². The van der Waals surface area contributed by atoms with Gasteiger partial charge in [-0.2, -0.15) is 0 Å². The summed E-state index contributed by atoms with van der Waals surface area (Å²) in [5, 5.41) is 1.04. The van der Waals surface area contributed by atoms with E-state index < -0.39 is 0 Å². The maximum Gasteiger partial charge on any atom is 0.0521 e. The van der Waals surface area contributed by atoms with E-state index in [1.807, 2.05) is 23.9 Å². The second-order valence-corrected chi connectivity index (χ2v) is 2.69. The van der Waals surface area contributed by atoms with E-state index in [2.05, 4.69) is 10.9 Å². The molecule has 2 aromatic heterocycles. The lowest BCUT2D eigenvalue weighted by Gasteiger charge is -1.91. The van der Waals surface area contributed by atoms with Crippen LogP contribution < -0.4 is 0 Å². The second kappa shape index (κ2) is 2.38. The summed E-state index contributed by atoms with van der Waals surface area (Å²) in [5.74, 6) is 2.63. The fourth-order valence-corrected chi connectivity index (χ4v) is 1.35. The fraction of sp³-hybridized carbons (Fsp3) is 0.100. The molecule has 2 rings (SSSR count). The van der Waals surface area contributed by atoms with Crippen LogP contribution in [0, 0.1) is 12.3 Å². The zero-order chi connectivity index (χ0) is 8.55. The molecule has 0 unspecified atom stereocenters. The molecule has 0 aliphatic heterocycles. The number of hydrogen-bond donors (Lipinski definition) is 0. The van der Waals surface area contributed by atoms with Gasteiger partial charge in [0.15, 0.2) is 0 Å². The first-order valence-corrected chi connectivity index (χ1v) is 3.68. The predicted octanol–water partition coefficient (Wildman–Crippen LogP) is 1.55. The third-order valence-corrected chi connectivity index (χ3v) is 1.95. The van der Waals surface area contributed by atoms with E-state index >= 15 is 0 Å². The van der Waals surface area contributed by atoms with E-state index in [-0.39, 0.29) is 0 Å². The summed E-state index contributed by atoms with van der Waals surface area (Å²) in [6.45, 7) is 0. The van der Waals surface area contributed by atoms with Crippen molar-refractivity contribution in [3.05, 3.63) is 30.2 Å². The molecule has 0 amide bonds. The van der Waals surface area contributed by atoms with E-state index in [1.54, 1.807) is 12.4 Å². The van der Waals surface area contributed by atoms with Crippen molar-refractivity contribution < 1.29 is 0 Å². The molecule has 12 heavy (non-hydrogen) atoms. The molecule has 0 saturated heterocycles. The van der Waals surface area contributed by atoms with E-state index in [9.17, 15) is 0 Å². The molecular weight excluding hydrogens is 148 g/mol. The van der Waals surface area contributed by atoms with Gasteiger partial charge in [-0.25, -0.2) is 0 Å². The number of rotatable bonds is 0. The molecule has 0 aliphatic rings. The van der Waals surface area contributed by atoms with Gasteiger partial charge in [0.2, 0.25) is 0 Å². The average molecular weight is 156 g/mol. The van der Waals surface area contributed by atoms with Crippen LogP contribution >= 0.6 is 0 Å². The molecule has 0 N–H and O–H groups in total. The van der Waals surface area contributed by atoms with Crippen LogP contribution in [0.25, 0.3) is 10.9 Å². The Hall–Kier alpha value is -1.75. The molecule has 0 spiro atoms. The Labute approximate surface area is 70.8 Å². The number of fused-ring (bicyclic) bond motifs is 1. The van der Waals surface area contributed by atoms with Crippen molar-refractivity contribution in [1.29, 1.82) is 0 Å². The molecule has 0 aromatic carbocycles. The lowest BCUT2D eigenvalue weighted by atomic mass is 10.2. The minimum absolute atomic E-state index is 0.903. The largest absolute Gasteiger partial charge is 0.349 e. The van der Waals surface area contributed by atoms with E-state index in [4.69, 9.17) is 6.42 Å². The van der Waals surface area contributed by atoms with E-state index in [0.717, 1.165) is 16.5 Å². The average Bonchev–Trinajstić information content (AvgIpc) is 2.44. The lowest BCUT2D eigenvalue weighted by molar-refractivity contribution is 0.966. The number of aryl methyl sites for hydroxylation is 1. The van der Waals surface area contributed by atoms with Crippen molar-refractivity contribution in [2.24, 2.45) is 7.05 Å². The summed E-state index contributed by atoms with van der Waals surface area (Å²) >= 11 is 0. The van der Waals surface area contributed by atoms with E-state index in [0.29, 0.717) is 0 Å². The summed E-state index contributed by atoms with van der Waals surface area (Å²) in [5.41, 5.74) is 2.03. The van der Waals surface area contributed by atoms with Crippen LogP contribution in [0.1, 0.15) is 5.56 Å².